The molecular weight excluding hydrogens is 270 g/mol. The molecule has 6 nitrogen and oxygen atoms in total. The zero-order valence-electron chi connectivity index (χ0n) is 13.9. The van der Waals surface area contributed by atoms with E-state index in [1.165, 1.54) is 0 Å². The topological polar surface area (TPSA) is 75.9 Å². The van der Waals surface area contributed by atoms with Gasteiger partial charge in [0.05, 0.1) is 6.54 Å². The van der Waals surface area contributed by atoms with E-state index in [1.807, 2.05) is 34.6 Å². The van der Waals surface area contributed by atoms with Crippen molar-refractivity contribution in [2.75, 3.05) is 19.6 Å². The lowest BCUT2D eigenvalue weighted by Crippen LogP contribution is -2.50. The number of hydrogen-bond acceptors (Lipinski definition) is 4. The van der Waals surface area contributed by atoms with E-state index in [-0.39, 0.29) is 30.6 Å². The molecule has 0 aromatic heterocycles. The van der Waals surface area contributed by atoms with E-state index in [9.17, 15) is 9.59 Å². The van der Waals surface area contributed by atoms with Crippen LogP contribution in [0.1, 0.15) is 47.5 Å². The van der Waals surface area contributed by atoms with E-state index in [0.29, 0.717) is 6.54 Å². The van der Waals surface area contributed by atoms with Crippen molar-refractivity contribution >= 4 is 12.0 Å². The fraction of sp³-hybridized carbons (Fsp3) is 0.867. The normalized spacial score (nSPS) is 19.0. The van der Waals surface area contributed by atoms with E-state index in [4.69, 9.17) is 10.5 Å². The highest BCUT2D eigenvalue weighted by Crippen LogP contribution is 2.20. The summed E-state index contributed by atoms with van der Waals surface area (Å²) < 4.78 is 5.45. The van der Waals surface area contributed by atoms with Crippen molar-refractivity contribution in [3.8, 4) is 0 Å². The summed E-state index contributed by atoms with van der Waals surface area (Å²) in [6, 6.07) is 0.0613. The maximum atomic E-state index is 12.3. The van der Waals surface area contributed by atoms with Gasteiger partial charge >= 0.3 is 6.09 Å². The molecule has 0 bridgehead atoms. The summed E-state index contributed by atoms with van der Waals surface area (Å²) in [5.74, 6) is -0.0506. The largest absolute Gasteiger partial charge is 0.444 e. The van der Waals surface area contributed by atoms with Crippen LogP contribution in [0, 0.1) is 0 Å². The molecule has 21 heavy (non-hydrogen) atoms. The van der Waals surface area contributed by atoms with Crippen LogP contribution in [0.3, 0.4) is 0 Å². The van der Waals surface area contributed by atoms with Gasteiger partial charge in [0, 0.05) is 25.2 Å². The fourth-order valence-electron chi connectivity index (χ4n) is 2.51. The molecule has 1 aliphatic heterocycles. The summed E-state index contributed by atoms with van der Waals surface area (Å²) in [7, 11) is 0. The molecule has 2 amide bonds. The molecule has 0 saturated carbocycles. The third-order valence-electron chi connectivity index (χ3n) is 3.53. The van der Waals surface area contributed by atoms with Crippen LogP contribution in [-0.4, -0.2) is 59.1 Å². The van der Waals surface area contributed by atoms with Crippen molar-refractivity contribution in [1.82, 2.24) is 9.80 Å². The third-order valence-corrected chi connectivity index (χ3v) is 3.53. The highest BCUT2D eigenvalue weighted by Gasteiger charge is 2.33. The zero-order chi connectivity index (χ0) is 16.2. The van der Waals surface area contributed by atoms with Gasteiger partial charge in [-0.1, -0.05) is 0 Å². The number of nitrogens with two attached hydrogens (primary N) is 1. The molecule has 0 aromatic carbocycles. The molecule has 0 unspecified atom stereocenters. The number of nitrogens with zero attached hydrogens (tertiary/aromatic N) is 2. The van der Waals surface area contributed by atoms with Gasteiger partial charge < -0.3 is 20.3 Å². The highest BCUT2D eigenvalue weighted by atomic mass is 16.6. The Morgan fingerprint density at radius 1 is 1.38 bits per heavy atom. The Morgan fingerprint density at radius 3 is 2.48 bits per heavy atom. The zero-order valence-corrected chi connectivity index (χ0v) is 13.9. The van der Waals surface area contributed by atoms with Crippen molar-refractivity contribution in [2.24, 2.45) is 5.73 Å². The van der Waals surface area contributed by atoms with Gasteiger partial charge in [-0.05, 0) is 47.5 Å². The molecule has 0 aliphatic carbocycles. The van der Waals surface area contributed by atoms with Crippen molar-refractivity contribution in [2.45, 2.75) is 65.1 Å². The van der Waals surface area contributed by atoms with Gasteiger partial charge in [0.1, 0.15) is 5.60 Å². The van der Waals surface area contributed by atoms with Crippen molar-refractivity contribution in [3.05, 3.63) is 0 Å². The van der Waals surface area contributed by atoms with E-state index in [2.05, 4.69) is 0 Å². The lowest BCUT2D eigenvalue weighted by atomic mass is 10.1. The minimum absolute atomic E-state index is 0.0185. The molecule has 1 heterocycles. The average Bonchev–Trinajstić information content (AvgIpc) is 2.80. The van der Waals surface area contributed by atoms with Gasteiger partial charge in [0.25, 0.3) is 0 Å². The van der Waals surface area contributed by atoms with Gasteiger partial charge in [-0.3, -0.25) is 4.79 Å². The summed E-state index contributed by atoms with van der Waals surface area (Å²) in [5.41, 5.74) is 4.93. The van der Waals surface area contributed by atoms with E-state index in [1.54, 1.807) is 9.80 Å². The standard InChI is InChI=1S/C15H29N3O3/c1-11(2)18(14(20)21-15(3,4)5)10-12-7-6-8-17(12)13(19)9-16/h11-12H,6-10,16H2,1-5H3/t12-/m1/s1. The van der Waals surface area contributed by atoms with Gasteiger partial charge in [0.2, 0.25) is 5.91 Å². The summed E-state index contributed by atoms with van der Waals surface area (Å²) in [6.07, 6.45) is 1.53. The molecule has 1 rings (SSSR count). The Kier molecular flexibility index (Phi) is 6.01. The Balaban J connectivity index is 2.74. The second kappa shape index (κ2) is 7.11. The molecule has 122 valence electrons. The second-order valence-corrected chi connectivity index (χ2v) is 6.81. The van der Waals surface area contributed by atoms with Gasteiger partial charge in [-0.25, -0.2) is 4.79 Å². The Morgan fingerprint density at radius 2 is 2.00 bits per heavy atom. The van der Waals surface area contributed by atoms with E-state index < -0.39 is 5.60 Å². The minimum atomic E-state index is -0.521. The Hall–Kier alpha value is -1.30. The number of hydrogen-bond donors (Lipinski definition) is 1. The quantitative estimate of drug-likeness (QED) is 0.855. The number of amides is 2. The molecule has 2 N–H and O–H groups in total. The molecular formula is C15H29N3O3. The second-order valence-electron chi connectivity index (χ2n) is 6.81. The number of carbonyl (C=O) groups is 2. The SMILES string of the molecule is CC(C)N(C[C@H]1CCCN1C(=O)CN)C(=O)OC(C)(C)C. The van der Waals surface area contributed by atoms with Crippen LogP contribution >= 0.6 is 0 Å². The molecule has 0 radical (unpaired) electrons. The fourth-order valence-corrected chi connectivity index (χ4v) is 2.51. The van der Waals surface area contributed by atoms with Crippen molar-refractivity contribution < 1.29 is 14.3 Å². The summed E-state index contributed by atoms with van der Waals surface area (Å²) in [4.78, 5) is 27.6. The summed E-state index contributed by atoms with van der Waals surface area (Å²) in [5, 5.41) is 0. The van der Waals surface area contributed by atoms with Crippen molar-refractivity contribution in [3.63, 3.8) is 0 Å². The van der Waals surface area contributed by atoms with Crippen LogP contribution in [0.5, 0.6) is 0 Å². The van der Waals surface area contributed by atoms with Crippen LogP contribution in [0.4, 0.5) is 4.79 Å². The number of rotatable bonds is 4. The molecule has 1 aliphatic rings. The predicted octanol–water partition coefficient (Wildman–Crippen LogP) is 1.58. The smallest absolute Gasteiger partial charge is 0.410 e. The van der Waals surface area contributed by atoms with Crippen LogP contribution in [0.25, 0.3) is 0 Å². The van der Waals surface area contributed by atoms with Crippen LogP contribution in [0.15, 0.2) is 0 Å². The Labute approximate surface area is 127 Å². The summed E-state index contributed by atoms with van der Waals surface area (Å²) in [6.45, 7) is 10.7. The first-order valence-corrected chi connectivity index (χ1v) is 7.65. The van der Waals surface area contributed by atoms with Gasteiger partial charge in [0.15, 0.2) is 0 Å². The van der Waals surface area contributed by atoms with Crippen LogP contribution in [0.2, 0.25) is 0 Å². The van der Waals surface area contributed by atoms with Crippen LogP contribution < -0.4 is 5.73 Å². The number of carbonyl (C=O) groups excluding carboxylic acids is 2. The maximum absolute atomic E-state index is 12.3. The number of likely N-dealkylation sites (tertiary alicyclic amines) is 1. The van der Waals surface area contributed by atoms with E-state index >= 15 is 0 Å². The molecule has 0 aromatic rings. The Bertz CT molecular complexity index is 377. The summed E-state index contributed by atoms with van der Waals surface area (Å²) >= 11 is 0. The van der Waals surface area contributed by atoms with Gasteiger partial charge in [-0.15, -0.1) is 0 Å². The van der Waals surface area contributed by atoms with Crippen LogP contribution in [-0.2, 0) is 9.53 Å². The molecule has 1 atom stereocenters. The van der Waals surface area contributed by atoms with E-state index in [0.717, 1.165) is 19.4 Å². The first kappa shape index (κ1) is 17.8. The first-order valence-electron chi connectivity index (χ1n) is 7.65. The lowest BCUT2D eigenvalue weighted by Gasteiger charge is -2.34. The highest BCUT2D eigenvalue weighted by molar-refractivity contribution is 5.78. The minimum Gasteiger partial charge on any atom is -0.444 e. The molecule has 0 spiro atoms. The first-order chi connectivity index (χ1) is 9.65. The third kappa shape index (κ3) is 5.19. The lowest BCUT2D eigenvalue weighted by molar-refractivity contribution is -0.130. The predicted molar refractivity (Wildman–Crippen MR) is 81.9 cm³/mol. The molecule has 1 saturated heterocycles. The van der Waals surface area contributed by atoms with Crippen molar-refractivity contribution in [1.29, 1.82) is 0 Å². The van der Waals surface area contributed by atoms with Gasteiger partial charge in [-0.2, -0.15) is 0 Å². The average molecular weight is 299 g/mol. The number of ether oxygens (including phenoxy) is 1. The molecule has 1 fully saturated rings. The maximum Gasteiger partial charge on any atom is 0.410 e. The monoisotopic (exact) mass is 299 g/mol. The molecule has 6 heteroatoms.